The SMILES string of the molecule is CC(COCCOCCOCCOCCOCCO)OS(=O)(=O)c1ccccc1. The van der Waals surface area contributed by atoms with Crippen molar-refractivity contribution >= 4 is 10.1 Å². The Labute approximate surface area is 172 Å². The standard InChI is InChI=1S/C19H32O9S/c1-18(28-29(21,22)19-5-3-2-4-6-19)17-27-16-15-26-14-13-25-12-11-24-10-9-23-8-7-20/h2-6,18,20H,7-17H2,1H3. The number of aliphatic hydroxyl groups excluding tert-OH is 1. The van der Waals surface area contributed by atoms with E-state index >= 15 is 0 Å². The first-order valence-corrected chi connectivity index (χ1v) is 10.9. The molecule has 0 amide bonds. The summed E-state index contributed by atoms with van der Waals surface area (Å²) in [7, 11) is -3.79. The van der Waals surface area contributed by atoms with Crippen LogP contribution in [0.2, 0.25) is 0 Å². The lowest BCUT2D eigenvalue weighted by Crippen LogP contribution is -2.22. The zero-order chi connectivity index (χ0) is 21.2. The van der Waals surface area contributed by atoms with E-state index in [9.17, 15) is 8.42 Å². The average Bonchev–Trinajstić information content (AvgIpc) is 2.71. The molecule has 9 nitrogen and oxygen atoms in total. The maximum atomic E-state index is 12.1. The largest absolute Gasteiger partial charge is 0.394 e. The first kappa shape index (κ1) is 25.9. The van der Waals surface area contributed by atoms with Gasteiger partial charge in [0, 0.05) is 0 Å². The number of hydrogen-bond donors (Lipinski definition) is 1. The summed E-state index contributed by atoms with van der Waals surface area (Å²) in [5.74, 6) is 0. The average molecular weight is 437 g/mol. The second-order valence-corrected chi connectivity index (χ2v) is 7.49. The summed E-state index contributed by atoms with van der Waals surface area (Å²) < 4.78 is 55.6. The van der Waals surface area contributed by atoms with Crippen molar-refractivity contribution < 1.29 is 41.4 Å². The summed E-state index contributed by atoms with van der Waals surface area (Å²) in [5, 5.41) is 8.53. The molecule has 1 N–H and O–H groups in total. The molecule has 0 saturated heterocycles. The molecule has 1 unspecified atom stereocenters. The van der Waals surface area contributed by atoms with E-state index in [-0.39, 0.29) is 18.1 Å². The molecule has 0 aliphatic heterocycles. The number of ether oxygens (including phenoxy) is 5. The Bertz CT molecular complexity index is 595. The Morgan fingerprint density at radius 3 is 1.69 bits per heavy atom. The van der Waals surface area contributed by atoms with Crippen LogP contribution in [0.4, 0.5) is 0 Å². The van der Waals surface area contributed by atoms with E-state index in [0.717, 1.165) is 0 Å². The minimum atomic E-state index is -3.79. The van der Waals surface area contributed by atoms with Crippen LogP contribution in [0.3, 0.4) is 0 Å². The highest BCUT2D eigenvalue weighted by Crippen LogP contribution is 2.13. The Morgan fingerprint density at radius 1 is 0.759 bits per heavy atom. The normalized spacial score (nSPS) is 12.9. The van der Waals surface area contributed by atoms with Crippen molar-refractivity contribution in [3.05, 3.63) is 30.3 Å². The third-order valence-electron chi connectivity index (χ3n) is 3.40. The zero-order valence-electron chi connectivity index (χ0n) is 16.9. The molecule has 0 saturated carbocycles. The van der Waals surface area contributed by atoms with E-state index in [1.165, 1.54) is 12.1 Å². The molecule has 29 heavy (non-hydrogen) atoms. The highest BCUT2D eigenvalue weighted by molar-refractivity contribution is 7.86. The Morgan fingerprint density at radius 2 is 1.21 bits per heavy atom. The van der Waals surface area contributed by atoms with Gasteiger partial charge >= 0.3 is 0 Å². The molecular formula is C19H32O9S. The maximum absolute atomic E-state index is 12.1. The Kier molecular flexibility index (Phi) is 14.9. The smallest absolute Gasteiger partial charge is 0.297 e. The van der Waals surface area contributed by atoms with Crippen molar-refractivity contribution in [2.75, 3.05) is 72.7 Å². The predicted octanol–water partition coefficient (Wildman–Crippen LogP) is 0.856. The first-order chi connectivity index (χ1) is 14.1. The fourth-order valence-corrected chi connectivity index (χ4v) is 3.17. The number of aliphatic hydroxyl groups is 1. The van der Waals surface area contributed by atoms with Gasteiger partial charge in [-0.15, -0.1) is 0 Å². The summed E-state index contributed by atoms with van der Waals surface area (Å²) in [5.41, 5.74) is 0. The molecule has 1 rings (SSSR count). The van der Waals surface area contributed by atoms with E-state index in [2.05, 4.69) is 0 Å². The summed E-state index contributed by atoms with van der Waals surface area (Å²) in [6.07, 6.45) is -0.599. The second-order valence-electron chi connectivity index (χ2n) is 5.92. The van der Waals surface area contributed by atoms with Gasteiger partial charge < -0.3 is 28.8 Å². The van der Waals surface area contributed by atoms with Gasteiger partial charge in [0.25, 0.3) is 10.1 Å². The van der Waals surface area contributed by atoms with Gasteiger partial charge in [0.15, 0.2) is 0 Å². The van der Waals surface area contributed by atoms with Crippen LogP contribution in [0, 0.1) is 0 Å². The molecular weight excluding hydrogens is 404 g/mol. The number of rotatable bonds is 19. The number of benzene rings is 1. The lowest BCUT2D eigenvalue weighted by molar-refractivity contribution is -0.0181. The van der Waals surface area contributed by atoms with Crippen molar-refractivity contribution in [2.45, 2.75) is 17.9 Å². The zero-order valence-corrected chi connectivity index (χ0v) is 17.7. The van der Waals surface area contributed by atoms with Crippen LogP contribution in [0.1, 0.15) is 6.92 Å². The monoisotopic (exact) mass is 436 g/mol. The van der Waals surface area contributed by atoms with E-state index in [1.54, 1.807) is 25.1 Å². The van der Waals surface area contributed by atoms with E-state index in [0.29, 0.717) is 59.5 Å². The van der Waals surface area contributed by atoms with Crippen LogP contribution in [0.5, 0.6) is 0 Å². The fraction of sp³-hybridized carbons (Fsp3) is 0.684. The Hall–Kier alpha value is -1.11. The molecule has 0 aliphatic carbocycles. The molecule has 0 radical (unpaired) electrons. The second kappa shape index (κ2) is 16.7. The molecule has 1 atom stereocenters. The molecule has 1 aromatic carbocycles. The topological polar surface area (TPSA) is 110 Å². The third-order valence-corrected chi connectivity index (χ3v) is 4.83. The van der Waals surface area contributed by atoms with Crippen LogP contribution in [0.25, 0.3) is 0 Å². The summed E-state index contributed by atoms with van der Waals surface area (Å²) in [6.45, 7) is 5.53. The van der Waals surface area contributed by atoms with Gasteiger partial charge in [0.05, 0.1) is 83.7 Å². The molecule has 0 bridgehead atoms. The minimum absolute atomic E-state index is 0.0110. The number of hydrogen-bond acceptors (Lipinski definition) is 9. The van der Waals surface area contributed by atoms with Crippen molar-refractivity contribution in [1.29, 1.82) is 0 Å². The highest BCUT2D eigenvalue weighted by atomic mass is 32.2. The van der Waals surface area contributed by atoms with Gasteiger partial charge in [-0.05, 0) is 19.1 Å². The van der Waals surface area contributed by atoms with E-state index in [4.69, 9.17) is 33.0 Å². The van der Waals surface area contributed by atoms with Crippen molar-refractivity contribution in [3.8, 4) is 0 Å². The lowest BCUT2D eigenvalue weighted by atomic mass is 10.4. The summed E-state index contributed by atoms with van der Waals surface area (Å²) >= 11 is 0. The van der Waals surface area contributed by atoms with Crippen LogP contribution >= 0.6 is 0 Å². The highest BCUT2D eigenvalue weighted by Gasteiger charge is 2.18. The van der Waals surface area contributed by atoms with Crippen LogP contribution in [0.15, 0.2) is 35.2 Å². The van der Waals surface area contributed by atoms with E-state index < -0.39 is 16.2 Å². The molecule has 0 aromatic heterocycles. The molecule has 1 aromatic rings. The van der Waals surface area contributed by atoms with Gasteiger partial charge in [0.1, 0.15) is 0 Å². The quantitative estimate of drug-likeness (QED) is 0.249. The molecule has 0 aliphatic rings. The lowest BCUT2D eigenvalue weighted by Gasteiger charge is -2.13. The van der Waals surface area contributed by atoms with Crippen molar-refractivity contribution in [1.82, 2.24) is 0 Å². The van der Waals surface area contributed by atoms with Gasteiger partial charge in [-0.25, -0.2) is 0 Å². The predicted molar refractivity (Wildman–Crippen MR) is 105 cm³/mol. The van der Waals surface area contributed by atoms with Crippen molar-refractivity contribution in [3.63, 3.8) is 0 Å². The minimum Gasteiger partial charge on any atom is -0.394 e. The molecule has 0 heterocycles. The van der Waals surface area contributed by atoms with Gasteiger partial charge in [0.2, 0.25) is 0 Å². The van der Waals surface area contributed by atoms with Crippen LogP contribution < -0.4 is 0 Å². The van der Waals surface area contributed by atoms with Gasteiger partial charge in [-0.2, -0.15) is 8.42 Å². The maximum Gasteiger partial charge on any atom is 0.297 e. The fourth-order valence-electron chi connectivity index (χ4n) is 2.08. The van der Waals surface area contributed by atoms with Gasteiger partial charge in [-0.3, -0.25) is 4.18 Å². The molecule has 10 heteroatoms. The Balaban J connectivity index is 1.90. The van der Waals surface area contributed by atoms with Crippen LogP contribution in [-0.4, -0.2) is 92.3 Å². The molecule has 168 valence electrons. The molecule has 0 spiro atoms. The van der Waals surface area contributed by atoms with E-state index in [1.807, 2.05) is 0 Å². The summed E-state index contributed by atoms with van der Waals surface area (Å²) in [6, 6.07) is 7.99. The molecule has 0 fully saturated rings. The first-order valence-electron chi connectivity index (χ1n) is 9.54. The summed E-state index contributed by atoms with van der Waals surface area (Å²) in [4.78, 5) is 0.121. The van der Waals surface area contributed by atoms with Crippen molar-refractivity contribution in [2.24, 2.45) is 0 Å². The third kappa shape index (κ3) is 13.7. The van der Waals surface area contributed by atoms with Gasteiger partial charge in [-0.1, -0.05) is 18.2 Å². The van der Waals surface area contributed by atoms with Crippen LogP contribution in [-0.2, 0) is 38.0 Å².